The summed E-state index contributed by atoms with van der Waals surface area (Å²) in [6, 6.07) is 23.9. The summed E-state index contributed by atoms with van der Waals surface area (Å²) < 4.78 is 2.15. The number of H-pyrrole nitrogens is 1. The normalized spacial score (nSPS) is 12.3. The molecule has 0 radical (unpaired) electrons. The van der Waals surface area contributed by atoms with Crippen molar-refractivity contribution in [2.75, 3.05) is 5.75 Å². The number of nitrogens with one attached hydrogen (secondary N) is 2. The highest BCUT2D eigenvalue weighted by Gasteiger charge is 2.19. The maximum absolute atomic E-state index is 13.0. The Morgan fingerprint density at radius 3 is 2.69 bits per heavy atom. The monoisotopic (exact) mass is 441 g/mol. The summed E-state index contributed by atoms with van der Waals surface area (Å²) >= 11 is 1.47. The Bertz CT molecular complexity index is 1380. The van der Waals surface area contributed by atoms with Gasteiger partial charge in [0.2, 0.25) is 5.91 Å². The van der Waals surface area contributed by atoms with E-state index in [4.69, 9.17) is 4.98 Å². The largest absolute Gasteiger partial charge is 0.345 e. The van der Waals surface area contributed by atoms with Crippen molar-refractivity contribution in [1.29, 1.82) is 0 Å². The third-order valence-electron chi connectivity index (χ3n) is 5.48. The molecular weight excluding hydrogens is 418 g/mol. The molecule has 1 atom stereocenters. The molecule has 0 aliphatic carbocycles. The van der Waals surface area contributed by atoms with Gasteiger partial charge in [-0.3, -0.25) is 4.79 Å². The predicted molar refractivity (Wildman–Crippen MR) is 129 cm³/mol. The highest BCUT2D eigenvalue weighted by Crippen LogP contribution is 2.26. The van der Waals surface area contributed by atoms with E-state index in [0.29, 0.717) is 5.75 Å². The first-order chi connectivity index (χ1) is 15.7. The van der Waals surface area contributed by atoms with Gasteiger partial charge < -0.3 is 14.9 Å². The van der Waals surface area contributed by atoms with Crippen molar-refractivity contribution in [3.63, 3.8) is 0 Å². The molecule has 2 aromatic heterocycles. The summed E-state index contributed by atoms with van der Waals surface area (Å²) in [6.07, 6.45) is 1.68. The van der Waals surface area contributed by atoms with Crippen molar-refractivity contribution in [2.45, 2.75) is 24.7 Å². The standard InChI is InChI=1S/C25H23N5OS/c1-2-30-22-11-7-6-10-20(22)28-25(30)32-15-23(31)29-24(17-8-4-3-5-9-17)18-12-13-19-21(14-18)27-16-26-19/h3-14,16,24H,2,15H2,1H3,(H,26,27)(H,29,31). The number of nitrogens with zero attached hydrogens (tertiary/aromatic N) is 3. The van der Waals surface area contributed by atoms with Gasteiger partial charge in [0.1, 0.15) is 0 Å². The van der Waals surface area contributed by atoms with Gasteiger partial charge in [-0.15, -0.1) is 0 Å². The molecule has 2 heterocycles. The lowest BCUT2D eigenvalue weighted by molar-refractivity contribution is -0.119. The second kappa shape index (κ2) is 8.88. The molecule has 0 bridgehead atoms. The van der Waals surface area contributed by atoms with Crippen LogP contribution in [0.15, 0.2) is 84.3 Å². The van der Waals surface area contributed by atoms with E-state index in [1.807, 2.05) is 66.7 Å². The molecule has 0 aliphatic rings. The number of hydrogen-bond acceptors (Lipinski definition) is 4. The number of aromatic amines is 1. The van der Waals surface area contributed by atoms with E-state index in [1.54, 1.807) is 6.33 Å². The Kier molecular flexibility index (Phi) is 5.64. The second-order valence-corrected chi connectivity index (χ2v) is 8.45. The molecule has 7 heteroatoms. The summed E-state index contributed by atoms with van der Waals surface area (Å²) in [6.45, 7) is 2.90. The molecule has 5 rings (SSSR count). The summed E-state index contributed by atoms with van der Waals surface area (Å²) in [4.78, 5) is 25.2. The van der Waals surface area contributed by atoms with E-state index < -0.39 is 0 Å². The van der Waals surface area contributed by atoms with Gasteiger partial charge in [0.25, 0.3) is 0 Å². The van der Waals surface area contributed by atoms with Crippen LogP contribution in [-0.2, 0) is 11.3 Å². The van der Waals surface area contributed by atoms with Crippen molar-refractivity contribution in [1.82, 2.24) is 24.8 Å². The van der Waals surface area contributed by atoms with Gasteiger partial charge in [-0.2, -0.15) is 0 Å². The molecule has 160 valence electrons. The number of aromatic nitrogens is 4. The number of benzene rings is 3. The summed E-state index contributed by atoms with van der Waals surface area (Å²) in [7, 11) is 0. The number of para-hydroxylation sites is 2. The number of carbonyl (C=O) groups is 1. The minimum absolute atomic E-state index is 0.0386. The third-order valence-corrected chi connectivity index (χ3v) is 6.46. The zero-order valence-corrected chi connectivity index (χ0v) is 18.5. The molecule has 0 saturated carbocycles. The Morgan fingerprint density at radius 2 is 1.84 bits per heavy atom. The molecular formula is C25H23N5OS. The zero-order valence-electron chi connectivity index (χ0n) is 17.7. The Hall–Kier alpha value is -3.58. The molecule has 1 unspecified atom stereocenters. The van der Waals surface area contributed by atoms with Crippen LogP contribution in [0.3, 0.4) is 0 Å². The van der Waals surface area contributed by atoms with Crippen LogP contribution < -0.4 is 5.32 Å². The van der Waals surface area contributed by atoms with Gasteiger partial charge in [-0.05, 0) is 42.3 Å². The van der Waals surface area contributed by atoms with Gasteiger partial charge in [-0.25, -0.2) is 9.97 Å². The van der Waals surface area contributed by atoms with Crippen molar-refractivity contribution in [3.8, 4) is 0 Å². The van der Waals surface area contributed by atoms with Crippen molar-refractivity contribution < 1.29 is 4.79 Å². The highest BCUT2D eigenvalue weighted by molar-refractivity contribution is 7.99. The Morgan fingerprint density at radius 1 is 1.03 bits per heavy atom. The molecule has 2 N–H and O–H groups in total. The Labute approximate surface area is 190 Å². The van der Waals surface area contributed by atoms with Gasteiger partial charge in [0.15, 0.2) is 5.16 Å². The van der Waals surface area contributed by atoms with Crippen LogP contribution >= 0.6 is 11.8 Å². The lowest BCUT2D eigenvalue weighted by Crippen LogP contribution is -2.30. The van der Waals surface area contributed by atoms with Crippen molar-refractivity contribution in [2.24, 2.45) is 0 Å². The van der Waals surface area contributed by atoms with Gasteiger partial charge >= 0.3 is 0 Å². The summed E-state index contributed by atoms with van der Waals surface area (Å²) in [5.41, 5.74) is 5.93. The quantitative estimate of drug-likeness (QED) is 0.351. The maximum atomic E-state index is 13.0. The number of fused-ring (bicyclic) bond motifs is 2. The minimum atomic E-state index is -0.248. The van der Waals surface area contributed by atoms with Crippen LogP contribution in [0.4, 0.5) is 0 Å². The third kappa shape index (κ3) is 3.99. The van der Waals surface area contributed by atoms with Crippen LogP contribution in [0.1, 0.15) is 24.1 Å². The van der Waals surface area contributed by atoms with Crippen LogP contribution in [0.25, 0.3) is 22.1 Å². The first-order valence-corrected chi connectivity index (χ1v) is 11.6. The zero-order chi connectivity index (χ0) is 21.9. The molecule has 0 saturated heterocycles. The number of thioether (sulfide) groups is 1. The van der Waals surface area contributed by atoms with Gasteiger partial charge in [-0.1, -0.05) is 60.3 Å². The lowest BCUT2D eigenvalue weighted by atomic mass is 9.98. The first-order valence-electron chi connectivity index (χ1n) is 10.6. The van der Waals surface area contributed by atoms with E-state index in [2.05, 4.69) is 32.8 Å². The Balaban J connectivity index is 1.37. The van der Waals surface area contributed by atoms with E-state index in [-0.39, 0.29) is 11.9 Å². The number of carbonyl (C=O) groups excluding carboxylic acids is 1. The van der Waals surface area contributed by atoms with E-state index >= 15 is 0 Å². The summed E-state index contributed by atoms with van der Waals surface area (Å²) in [5, 5.41) is 4.08. The van der Waals surface area contributed by atoms with Crippen LogP contribution in [0, 0.1) is 0 Å². The summed E-state index contributed by atoms with van der Waals surface area (Å²) in [5.74, 6) is 0.252. The number of imidazole rings is 2. The number of aryl methyl sites for hydroxylation is 1. The van der Waals surface area contributed by atoms with Crippen LogP contribution in [0.2, 0.25) is 0 Å². The number of rotatable bonds is 7. The molecule has 0 spiro atoms. The topological polar surface area (TPSA) is 75.6 Å². The van der Waals surface area contributed by atoms with Gasteiger partial charge in [0.05, 0.1) is 40.2 Å². The van der Waals surface area contributed by atoms with E-state index in [9.17, 15) is 4.79 Å². The first kappa shape index (κ1) is 20.3. The molecule has 6 nitrogen and oxygen atoms in total. The van der Waals surface area contributed by atoms with Crippen molar-refractivity contribution >= 4 is 39.7 Å². The molecule has 0 aliphatic heterocycles. The number of hydrogen-bond donors (Lipinski definition) is 2. The average molecular weight is 442 g/mol. The fraction of sp³-hybridized carbons (Fsp3) is 0.160. The van der Waals surface area contributed by atoms with Gasteiger partial charge in [0, 0.05) is 6.54 Å². The second-order valence-electron chi connectivity index (χ2n) is 7.51. The maximum Gasteiger partial charge on any atom is 0.231 e. The smallest absolute Gasteiger partial charge is 0.231 e. The molecule has 1 amide bonds. The van der Waals surface area contributed by atoms with Crippen LogP contribution in [-0.4, -0.2) is 31.2 Å². The van der Waals surface area contributed by atoms with Crippen molar-refractivity contribution in [3.05, 3.63) is 90.3 Å². The highest BCUT2D eigenvalue weighted by atomic mass is 32.2. The SMILES string of the molecule is CCn1c(SCC(=O)NC(c2ccccc2)c2ccc3nc[nH]c3c2)nc2ccccc21. The minimum Gasteiger partial charge on any atom is -0.345 e. The van der Waals surface area contributed by atoms with Crippen LogP contribution in [0.5, 0.6) is 0 Å². The molecule has 3 aromatic carbocycles. The fourth-order valence-corrected chi connectivity index (χ4v) is 4.83. The average Bonchev–Trinajstić information content (AvgIpc) is 3.45. The molecule has 0 fully saturated rings. The predicted octanol–water partition coefficient (Wildman–Crippen LogP) is 4.93. The number of amides is 1. The molecule has 5 aromatic rings. The van der Waals surface area contributed by atoms with E-state index in [0.717, 1.165) is 44.9 Å². The fourth-order valence-electron chi connectivity index (χ4n) is 3.94. The lowest BCUT2D eigenvalue weighted by Gasteiger charge is -2.20. The molecule has 32 heavy (non-hydrogen) atoms. The van der Waals surface area contributed by atoms with E-state index in [1.165, 1.54) is 11.8 Å².